The number of benzene rings is 1. The maximum atomic E-state index is 11.6. The van der Waals surface area contributed by atoms with Gasteiger partial charge in [-0.1, -0.05) is 53.7 Å². The summed E-state index contributed by atoms with van der Waals surface area (Å²) in [4.78, 5) is 11.6. The van der Waals surface area contributed by atoms with Crippen LogP contribution in [0.4, 0.5) is 4.79 Å². The van der Waals surface area contributed by atoms with Gasteiger partial charge in [-0.15, -0.1) is 0 Å². The van der Waals surface area contributed by atoms with E-state index in [2.05, 4.69) is 20.8 Å². The van der Waals surface area contributed by atoms with Crippen LogP contribution < -0.4 is 14.6 Å². The smallest absolute Gasteiger partial charge is 0.409 e. The minimum absolute atomic E-state index is 0.0542. The van der Waals surface area contributed by atoms with Crippen molar-refractivity contribution in [2.24, 2.45) is 5.14 Å². The highest BCUT2D eigenvalue weighted by Crippen LogP contribution is 2.35. The third-order valence-corrected chi connectivity index (χ3v) is 3.53. The highest BCUT2D eigenvalue weighted by atomic mass is 32.2. The Morgan fingerprint density at radius 3 is 2.05 bits per heavy atom. The Bertz CT molecular complexity index is 668. The third-order valence-electron chi connectivity index (χ3n) is 3.08. The predicted molar refractivity (Wildman–Crippen MR) is 86.1 cm³/mol. The molecule has 0 atom stereocenters. The molecule has 22 heavy (non-hydrogen) atoms. The largest absolute Gasteiger partial charge is 0.427 e. The Hall–Kier alpha value is -1.60. The molecule has 124 valence electrons. The van der Waals surface area contributed by atoms with Gasteiger partial charge in [0.2, 0.25) is 0 Å². The lowest BCUT2D eigenvalue weighted by Gasteiger charge is -2.26. The summed E-state index contributed by atoms with van der Waals surface area (Å²) >= 11 is 0. The van der Waals surface area contributed by atoms with Gasteiger partial charge in [-0.2, -0.15) is 8.42 Å². The van der Waals surface area contributed by atoms with Crippen LogP contribution in [0.1, 0.15) is 52.7 Å². The molecule has 0 saturated heterocycles. The van der Waals surface area contributed by atoms with E-state index in [-0.39, 0.29) is 10.8 Å². The van der Waals surface area contributed by atoms with Gasteiger partial charge in [0.1, 0.15) is 5.75 Å². The monoisotopic (exact) mass is 328 g/mol. The molecular weight excluding hydrogens is 304 g/mol. The van der Waals surface area contributed by atoms with Gasteiger partial charge in [0, 0.05) is 5.56 Å². The van der Waals surface area contributed by atoms with E-state index in [0.29, 0.717) is 5.75 Å². The Morgan fingerprint density at radius 1 is 1.09 bits per heavy atom. The van der Waals surface area contributed by atoms with Crippen LogP contribution in [0.2, 0.25) is 0 Å². The second-order valence-electron chi connectivity index (χ2n) is 7.25. The summed E-state index contributed by atoms with van der Waals surface area (Å²) in [6.45, 7) is 12.2. The minimum Gasteiger partial charge on any atom is -0.409 e. The molecule has 0 fully saturated rings. The molecule has 0 bridgehead atoms. The van der Waals surface area contributed by atoms with Crippen LogP contribution in [0.15, 0.2) is 18.2 Å². The average molecular weight is 328 g/mol. The van der Waals surface area contributed by atoms with E-state index >= 15 is 0 Å². The Morgan fingerprint density at radius 2 is 1.64 bits per heavy atom. The molecule has 0 saturated carbocycles. The molecule has 3 N–H and O–H groups in total. The van der Waals surface area contributed by atoms with Crippen LogP contribution in [0.25, 0.3) is 0 Å². The zero-order valence-corrected chi connectivity index (χ0v) is 14.7. The second kappa shape index (κ2) is 5.89. The summed E-state index contributed by atoms with van der Waals surface area (Å²) < 4.78 is 28.4. The van der Waals surface area contributed by atoms with Crippen LogP contribution in [0.3, 0.4) is 0 Å². The lowest BCUT2D eigenvalue weighted by Crippen LogP contribution is -2.38. The molecule has 0 aliphatic rings. The number of hydrogen-bond donors (Lipinski definition) is 2. The van der Waals surface area contributed by atoms with Crippen LogP contribution in [0.5, 0.6) is 5.75 Å². The maximum Gasteiger partial charge on any atom is 0.427 e. The van der Waals surface area contributed by atoms with E-state index in [1.165, 1.54) is 0 Å². The number of hydrogen-bond acceptors (Lipinski definition) is 4. The van der Waals surface area contributed by atoms with Crippen molar-refractivity contribution in [3.8, 4) is 5.75 Å². The Labute approximate surface area is 132 Å². The Kier molecular flexibility index (Phi) is 4.94. The molecule has 0 unspecified atom stereocenters. The number of rotatable bonds is 2. The first kappa shape index (κ1) is 18.4. The summed E-state index contributed by atoms with van der Waals surface area (Å²) in [6, 6.07) is 5.50. The van der Waals surface area contributed by atoms with Crippen LogP contribution in [0, 0.1) is 0 Å². The fraction of sp³-hybridized carbons (Fsp3) is 0.533. The fourth-order valence-corrected chi connectivity index (χ4v) is 2.18. The first-order chi connectivity index (χ1) is 9.70. The van der Waals surface area contributed by atoms with Gasteiger partial charge in [0.05, 0.1) is 0 Å². The van der Waals surface area contributed by atoms with Crippen molar-refractivity contribution in [1.29, 1.82) is 0 Å². The highest BCUT2D eigenvalue weighted by molar-refractivity contribution is 7.87. The number of nitrogens with one attached hydrogen (secondary N) is 1. The first-order valence-electron chi connectivity index (χ1n) is 6.87. The highest BCUT2D eigenvalue weighted by Gasteiger charge is 2.24. The van der Waals surface area contributed by atoms with Crippen molar-refractivity contribution in [3.63, 3.8) is 0 Å². The van der Waals surface area contributed by atoms with E-state index in [0.717, 1.165) is 11.1 Å². The van der Waals surface area contributed by atoms with Crippen molar-refractivity contribution in [3.05, 3.63) is 29.3 Å². The van der Waals surface area contributed by atoms with Crippen molar-refractivity contribution in [1.82, 2.24) is 4.72 Å². The van der Waals surface area contributed by atoms with E-state index in [1.54, 1.807) is 10.8 Å². The van der Waals surface area contributed by atoms with E-state index < -0.39 is 16.3 Å². The molecule has 0 aromatic heterocycles. The predicted octanol–water partition coefficient (Wildman–Crippen LogP) is 2.57. The quantitative estimate of drug-likeness (QED) is 0.871. The lowest BCUT2D eigenvalue weighted by molar-refractivity contribution is 0.206. The standard InChI is InChI=1S/C15H24N2O4S/c1-14(2,3)10-7-8-12(11(9-10)15(4,5)6)21-13(18)17-22(16,19)20/h7-9H,1-6H3,(H,17,18)(H2,16,19,20). The molecule has 0 aliphatic heterocycles. The van der Waals surface area contributed by atoms with Gasteiger partial charge in [0.25, 0.3) is 0 Å². The SMILES string of the molecule is CC(C)(C)c1ccc(OC(=O)NS(N)(=O)=O)c(C(C)(C)C)c1. The normalized spacial score (nSPS) is 12.9. The van der Waals surface area contributed by atoms with Gasteiger partial charge in [-0.05, 0) is 22.5 Å². The first-order valence-corrected chi connectivity index (χ1v) is 8.42. The molecule has 7 heteroatoms. The van der Waals surface area contributed by atoms with Gasteiger partial charge in [0.15, 0.2) is 0 Å². The zero-order chi connectivity index (χ0) is 17.3. The average Bonchev–Trinajstić information content (AvgIpc) is 2.23. The molecule has 1 amide bonds. The molecule has 0 radical (unpaired) electrons. The summed E-state index contributed by atoms with van der Waals surface area (Å²) in [5.74, 6) is 0.307. The minimum atomic E-state index is -4.15. The number of amides is 1. The summed E-state index contributed by atoms with van der Waals surface area (Å²) in [5.41, 5.74) is 1.57. The van der Waals surface area contributed by atoms with Crippen LogP contribution in [-0.4, -0.2) is 14.5 Å². The summed E-state index contributed by atoms with van der Waals surface area (Å²) in [6.07, 6.45) is -1.13. The van der Waals surface area contributed by atoms with E-state index in [9.17, 15) is 13.2 Å². The maximum absolute atomic E-state index is 11.6. The van der Waals surface area contributed by atoms with Crippen molar-refractivity contribution in [2.75, 3.05) is 0 Å². The Balaban J connectivity index is 3.23. The molecule has 1 aromatic carbocycles. The van der Waals surface area contributed by atoms with Crippen LogP contribution >= 0.6 is 0 Å². The van der Waals surface area contributed by atoms with Crippen molar-refractivity contribution in [2.45, 2.75) is 52.4 Å². The number of carbonyl (C=O) groups is 1. The summed E-state index contributed by atoms with van der Waals surface area (Å²) in [7, 11) is -4.15. The molecule has 0 heterocycles. The van der Waals surface area contributed by atoms with E-state index in [1.807, 2.05) is 32.9 Å². The number of ether oxygens (including phenoxy) is 1. The second-order valence-corrected chi connectivity index (χ2v) is 8.54. The van der Waals surface area contributed by atoms with Gasteiger partial charge in [-0.3, -0.25) is 0 Å². The van der Waals surface area contributed by atoms with Gasteiger partial charge < -0.3 is 4.74 Å². The molecule has 1 aromatic rings. The molecule has 0 spiro atoms. The molecule has 6 nitrogen and oxygen atoms in total. The van der Waals surface area contributed by atoms with Crippen molar-refractivity contribution >= 4 is 16.3 Å². The van der Waals surface area contributed by atoms with Gasteiger partial charge >= 0.3 is 16.3 Å². The van der Waals surface area contributed by atoms with E-state index in [4.69, 9.17) is 9.88 Å². The van der Waals surface area contributed by atoms with Gasteiger partial charge in [-0.25, -0.2) is 14.7 Å². The lowest BCUT2D eigenvalue weighted by atomic mass is 9.80. The number of carbonyl (C=O) groups excluding carboxylic acids is 1. The van der Waals surface area contributed by atoms with Crippen molar-refractivity contribution < 1.29 is 17.9 Å². The fourth-order valence-electron chi connectivity index (χ4n) is 1.91. The number of nitrogens with two attached hydrogens (primary N) is 1. The molecule has 0 aliphatic carbocycles. The van der Waals surface area contributed by atoms with Crippen LogP contribution in [-0.2, 0) is 21.0 Å². The summed E-state index contributed by atoms with van der Waals surface area (Å²) in [5, 5.41) is 4.76. The third kappa shape index (κ3) is 5.31. The molecule has 1 rings (SSSR count). The molecular formula is C15H24N2O4S. The zero-order valence-electron chi connectivity index (χ0n) is 13.9. The topological polar surface area (TPSA) is 98.5 Å².